The minimum atomic E-state index is -0.310. The molecule has 0 bridgehead atoms. The van der Waals surface area contributed by atoms with Gasteiger partial charge in [-0.2, -0.15) is 5.26 Å². The number of allylic oxidation sites excluding steroid dienone is 1. The van der Waals surface area contributed by atoms with Crippen molar-refractivity contribution in [3.05, 3.63) is 52.8 Å². The number of hydrogen-bond acceptors (Lipinski definition) is 4. The Morgan fingerprint density at radius 3 is 2.73 bits per heavy atom. The van der Waals surface area contributed by atoms with Crippen LogP contribution in [0.5, 0.6) is 0 Å². The second-order valence-electron chi connectivity index (χ2n) is 5.43. The van der Waals surface area contributed by atoms with Crippen LogP contribution >= 0.6 is 0 Å². The summed E-state index contributed by atoms with van der Waals surface area (Å²) in [7, 11) is 1.66. The van der Waals surface area contributed by atoms with Gasteiger partial charge in [0.2, 0.25) is 0 Å². The van der Waals surface area contributed by atoms with E-state index in [9.17, 15) is 14.9 Å². The van der Waals surface area contributed by atoms with Crippen molar-refractivity contribution in [3.63, 3.8) is 0 Å². The summed E-state index contributed by atoms with van der Waals surface area (Å²) in [6.07, 6.45) is 1.33. The molecule has 0 aliphatic carbocycles. The van der Waals surface area contributed by atoms with Crippen molar-refractivity contribution in [2.24, 2.45) is 13.0 Å². The Balaban J connectivity index is 2.16. The molecule has 1 aliphatic rings. The molecule has 110 valence electrons. The summed E-state index contributed by atoms with van der Waals surface area (Å²) in [5, 5.41) is 10.3. The number of benzene rings is 1. The number of pyridine rings is 1. The number of anilines is 1. The third-order valence-electron chi connectivity index (χ3n) is 4.19. The molecule has 1 aromatic heterocycles. The maximum absolute atomic E-state index is 12.4. The van der Waals surface area contributed by atoms with Gasteiger partial charge in [0.05, 0.1) is 17.1 Å². The summed E-state index contributed by atoms with van der Waals surface area (Å²) in [6, 6.07) is 9.51. The Kier molecular flexibility index (Phi) is 3.30. The highest BCUT2D eigenvalue weighted by Crippen LogP contribution is 2.33. The summed E-state index contributed by atoms with van der Waals surface area (Å²) in [4.78, 5) is 25.9. The number of aromatic nitrogens is 1. The monoisotopic (exact) mass is 293 g/mol. The van der Waals surface area contributed by atoms with E-state index in [2.05, 4.69) is 6.58 Å². The first-order chi connectivity index (χ1) is 10.6. The van der Waals surface area contributed by atoms with Crippen LogP contribution < -0.4 is 10.5 Å². The number of carbonyl (C=O) groups is 1. The summed E-state index contributed by atoms with van der Waals surface area (Å²) < 4.78 is 1.49. The zero-order valence-corrected chi connectivity index (χ0v) is 12.2. The van der Waals surface area contributed by atoms with Crippen molar-refractivity contribution in [2.45, 2.75) is 0 Å². The van der Waals surface area contributed by atoms with Crippen LogP contribution in [0.3, 0.4) is 0 Å². The van der Waals surface area contributed by atoms with Crippen LogP contribution in [0.15, 0.2) is 41.7 Å². The first-order valence-electron chi connectivity index (χ1n) is 7.01. The Hall–Kier alpha value is -2.87. The molecule has 22 heavy (non-hydrogen) atoms. The van der Waals surface area contributed by atoms with Crippen LogP contribution in [0.25, 0.3) is 10.9 Å². The van der Waals surface area contributed by atoms with Crippen molar-refractivity contribution >= 4 is 22.4 Å². The standard InChI is InChI=1S/C17H15N3O2/c1-3-15(21)11-9-20(10-11)16-12-6-4-5-7-14(12)19(2)17(22)13(16)8-18/h3-7,11H,1,9-10H2,2H3. The number of fused-ring (bicyclic) bond motifs is 1. The van der Waals surface area contributed by atoms with E-state index in [1.165, 1.54) is 10.6 Å². The van der Waals surface area contributed by atoms with Crippen LogP contribution in [0.2, 0.25) is 0 Å². The zero-order chi connectivity index (χ0) is 15.9. The highest BCUT2D eigenvalue weighted by atomic mass is 16.1. The molecular formula is C17H15N3O2. The second-order valence-corrected chi connectivity index (χ2v) is 5.43. The molecule has 1 aromatic carbocycles. The molecule has 2 aromatic rings. The lowest BCUT2D eigenvalue weighted by molar-refractivity contribution is -0.118. The highest BCUT2D eigenvalue weighted by Gasteiger charge is 2.34. The largest absolute Gasteiger partial charge is 0.368 e. The molecule has 5 heteroatoms. The SMILES string of the molecule is C=CC(=O)C1CN(c2c(C#N)c(=O)n(C)c3ccccc23)C1. The van der Waals surface area contributed by atoms with Gasteiger partial charge in [0.1, 0.15) is 11.6 Å². The van der Waals surface area contributed by atoms with Gasteiger partial charge in [-0.05, 0) is 12.1 Å². The fourth-order valence-corrected chi connectivity index (χ4v) is 2.92. The zero-order valence-electron chi connectivity index (χ0n) is 12.2. The number of aryl methyl sites for hydroxylation is 1. The van der Waals surface area contributed by atoms with Crippen LogP contribution in [0.1, 0.15) is 5.56 Å². The minimum Gasteiger partial charge on any atom is -0.368 e. The lowest BCUT2D eigenvalue weighted by Gasteiger charge is -2.40. The molecule has 3 rings (SSSR count). The van der Waals surface area contributed by atoms with E-state index in [0.29, 0.717) is 18.8 Å². The normalized spacial score (nSPS) is 14.5. The molecule has 2 heterocycles. The Morgan fingerprint density at radius 2 is 2.09 bits per heavy atom. The van der Waals surface area contributed by atoms with Gasteiger partial charge in [-0.3, -0.25) is 9.59 Å². The Bertz CT molecular complexity index is 883. The van der Waals surface area contributed by atoms with Crippen molar-refractivity contribution in [1.82, 2.24) is 4.57 Å². The van der Waals surface area contributed by atoms with Crippen LogP contribution in [0.4, 0.5) is 5.69 Å². The molecule has 1 fully saturated rings. The predicted molar refractivity (Wildman–Crippen MR) is 84.8 cm³/mol. The second kappa shape index (κ2) is 5.15. The van der Waals surface area contributed by atoms with Crippen molar-refractivity contribution < 1.29 is 4.79 Å². The maximum Gasteiger partial charge on any atom is 0.270 e. The number of para-hydroxylation sites is 1. The van der Waals surface area contributed by atoms with E-state index in [4.69, 9.17) is 0 Å². The van der Waals surface area contributed by atoms with Gasteiger partial charge >= 0.3 is 0 Å². The van der Waals surface area contributed by atoms with Crippen molar-refractivity contribution in [2.75, 3.05) is 18.0 Å². The van der Waals surface area contributed by atoms with Gasteiger partial charge in [-0.25, -0.2) is 0 Å². The summed E-state index contributed by atoms with van der Waals surface area (Å²) in [5.41, 5.74) is 1.23. The summed E-state index contributed by atoms with van der Waals surface area (Å²) >= 11 is 0. The summed E-state index contributed by atoms with van der Waals surface area (Å²) in [6.45, 7) is 4.52. The number of rotatable bonds is 3. The molecule has 1 aliphatic heterocycles. The van der Waals surface area contributed by atoms with E-state index < -0.39 is 0 Å². The molecule has 0 N–H and O–H groups in total. The maximum atomic E-state index is 12.4. The number of nitrogens with zero attached hydrogens (tertiary/aromatic N) is 3. The third-order valence-corrected chi connectivity index (χ3v) is 4.19. The molecule has 0 amide bonds. The average molecular weight is 293 g/mol. The molecule has 0 saturated carbocycles. The van der Waals surface area contributed by atoms with E-state index in [1.54, 1.807) is 7.05 Å². The van der Waals surface area contributed by atoms with Crippen molar-refractivity contribution in [1.29, 1.82) is 5.26 Å². The molecular weight excluding hydrogens is 278 g/mol. The third kappa shape index (κ3) is 1.92. The van der Waals surface area contributed by atoms with Gasteiger partial charge in [0.15, 0.2) is 5.78 Å². The van der Waals surface area contributed by atoms with Gasteiger partial charge in [-0.15, -0.1) is 0 Å². The first-order valence-corrected chi connectivity index (χ1v) is 7.01. The van der Waals surface area contributed by atoms with Gasteiger partial charge < -0.3 is 9.47 Å². The average Bonchev–Trinajstić information content (AvgIpc) is 2.50. The highest BCUT2D eigenvalue weighted by molar-refractivity contribution is 5.98. The van der Waals surface area contributed by atoms with Crippen LogP contribution in [0, 0.1) is 17.2 Å². The van der Waals surface area contributed by atoms with E-state index in [-0.39, 0.29) is 22.8 Å². The van der Waals surface area contributed by atoms with E-state index in [0.717, 1.165) is 10.9 Å². The number of carbonyl (C=O) groups excluding carboxylic acids is 1. The van der Waals surface area contributed by atoms with Gasteiger partial charge in [0, 0.05) is 25.5 Å². The van der Waals surface area contributed by atoms with E-state index >= 15 is 0 Å². The Labute approximate surface area is 127 Å². The minimum absolute atomic E-state index is 0.00268. The number of hydrogen-bond donors (Lipinski definition) is 0. The summed E-state index contributed by atoms with van der Waals surface area (Å²) in [5.74, 6) is -0.102. The Morgan fingerprint density at radius 1 is 1.41 bits per heavy atom. The predicted octanol–water partition coefficient (Wildman–Crippen LogP) is 1.60. The van der Waals surface area contributed by atoms with E-state index in [1.807, 2.05) is 35.2 Å². The molecule has 5 nitrogen and oxygen atoms in total. The molecule has 0 unspecified atom stereocenters. The van der Waals surface area contributed by atoms with Crippen LogP contribution in [-0.4, -0.2) is 23.4 Å². The van der Waals surface area contributed by atoms with Gasteiger partial charge in [-0.1, -0.05) is 24.8 Å². The van der Waals surface area contributed by atoms with Crippen LogP contribution in [-0.2, 0) is 11.8 Å². The molecule has 0 radical (unpaired) electrons. The lowest BCUT2D eigenvalue weighted by atomic mass is 9.93. The fraction of sp³-hybridized carbons (Fsp3) is 0.235. The van der Waals surface area contributed by atoms with Gasteiger partial charge in [0.25, 0.3) is 5.56 Å². The number of nitriles is 1. The van der Waals surface area contributed by atoms with Crippen molar-refractivity contribution in [3.8, 4) is 6.07 Å². The molecule has 0 spiro atoms. The lowest BCUT2D eigenvalue weighted by Crippen LogP contribution is -2.51. The first kappa shape index (κ1) is 14.1. The quantitative estimate of drug-likeness (QED) is 0.806. The topological polar surface area (TPSA) is 66.1 Å². The molecule has 1 saturated heterocycles. The molecule has 0 atom stereocenters. The number of ketones is 1. The fourth-order valence-electron chi connectivity index (χ4n) is 2.92. The smallest absolute Gasteiger partial charge is 0.270 e.